The molecule has 1 saturated heterocycles. The number of hydrogen-bond acceptors (Lipinski definition) is 4. The standard InChI is InChI=1S/C14H17ClN2O3/c1-2-20-14(19)12-5-3-4-8-17(12)13(18)10-9-16-7-6-11(10)15/h6-7,9,12H,2-5,8H2,1H3. The molecule has 2 rings (SSSR count). The molecule has 20 heavy (non-hydrogen) atoms. The first-order valence-corrected chi connectivity index (χ1v) is 7.10. The fourth-order valence-corrected chi connectivity index (χ4v) is 2.53. The zero-order valence-corrected chi connectivity index (χ0v) is 12.1. The van der Waals surface area contributed by atoms with Crippen molar-refractivity contribution in [2.24, 2.45) is 0 Å². The van der Waals surface area contributed by atoms with Crippen molar-refractivity contribution in [2.45, 2.75) is 32.2 Å². The van der Waals surface area contributed by atoms with Crippen LogP contribution in [0.15, 0.2) is 18.5 Å². The fourth-order valence-electron chi connectivity index (χ4n) is 2.35. The predicted octanol–water partition coefficient (Wildman–Crippen LogP) is 2.29. The van der Waals surface area contributed by atoms with Crippen LogP contribution in [0.2, 0.25) is 5.02 Å². The van der Waals surface area contributed by atoms with Crippen molar-refractivity contribution in [1.29, 1.82) is 0 Å². The number of carbonyl (C=O) groups is 2. The Morgan fingerprint density at radius 3 is 3.00 bits per heavy atom. The third kappa shape index (κ3) is 3.10. The molecule has 0 bridgehead atoms. The molecule has 0 N–H and O–H groups in total. The Bertz CT molecular complexity index is 507. The molecule has 0 aliphatic carbocycles. The van der Waals surface area contributed by atoms with Crippen LogP contribution in [0.25, 0.3) is 0 Å². The molecule has 0 saturated carbocycles. The molecule has 1 fully saturated rings. The molecule has 0 aromatic carbocycles. The number of pyridine rings is 1. The van der Waals surface area contributed by atoms with Crippen LogP contribution in [-0.2, 0) is 9.53 Å². The number of hydrogen-bond donors (Lipinski definition) is 0. The van der Waals surface area contributed by atoms with E-state index >= 15 is 0 Å². The van der Waals surface area contributed by atoms with Gasteiger partial charge in [0, 0.05) is 18.9 Å². The Morgan fingerprint density at radius 2 is 2.30 bits per heavy atom. The lowest BCUT2D eigenvalue weighted by atomic mass is 10.0. The molecular weight excluding hydrogens is 280 g/mol. The maximum absolute atomic E-state index is 12.5. The number of halogens is 1. The summed E-state index contributed by atoms with van der Waals surface area (Å²) in [7, 11) is 0. The van der Waals surface area contributed by atoms with Gasteiger partial charge in [-0.2, -0.15) is 0 Å². The van der Waals surface area contributed by atoms with Gasteiger partial charge in [-0.05, 0) is 32.3 Å². The highest BCUT2D eigenvalue weighted by Gasteiger charge is 2.34. The number of nitrogens with zero attached hydrogens (tertiary/aromatic N) is 2. The van der Waals surface area contributed by atoms with Gasteiger partial charge < -0.3 is 9.64 Å². The highest BCUT2D eigenvalue weighted by molar-refractivity contribution is 6.33. The van der Waals surface area contributed by atoms with Gasteiger partial charge in [0.05, 0.1) is 17.2 Å². The van der Waals surface area contributed by atoms with Gasteiger partial charge in [0.2, 0.25) is 0 Å². The second-order valence-electron chi connectivity index (χ2n) is 4.62. The molecule has 2 heterocycles. The van der Waals surface area contributed by atoms with E-state index in [9.17, 15) is 9.59 Å². The highest BCUT2D eigenvalue weighted by atomic mass is 35.5. The Labute approximate surface area is 122 Å². The quantitative estimate of drug-likeness (QED) is 0.803. The number of aromatic nitrogens is 1. The number of likely N-dealkylation sites (tertiary alicyclic amines) is 1. The largest absolute Gasteiger partial charge is 0.464 e. The molecule has 0 spiro atoms. The zero-order chi connectivity index (χ0) is 14.5. The van der Waals surface area contributed by atoms with Crippen molar-refractivity contribution in [1.82, 2.24) is 9.88 Å². The molecule has 5 nitrogen and oxygen atoms in total. The van der Waals surface area contributed by atoms with E-state index in [-0.39, 0.29) is 11.9 Å². The lowest BCUT2D eigenvalue weighted by molar-refractivity contribution is -0.149. The number of ether oxygens (including phenoxy) is 1. The van der Waals surface area contributed by atoms with Crippen molar-refractivity contribution in [3.05, 3.63) is 29.0 Å². The van der Waals surface area contributed by atoms with E-state index < -0.39 is 6.04 Å². The van der Waals surface area contributed by atoms with Gasteiger partial charge in [0.15, 0.2) is 0 Å². The van der Waals surface area contributed by atoms with Gasteiger partial charge in [0.25, 0.3) is 5.91 Å². The van der Waals surface area contributed by atoms with Crippen molar-refractivity contribution < 1.29 is 14.3 Å². The van der Waals surface area contributed by atoms with Gasteiger partial charge in [-0.15, -0.1) is 0 Å². The van der Waals surface area contributed by atoms with Crippen LogP contribution in [0.4, 0.5) is 0 Å². The smallest absolute Gasteiger partial charge is 0.328 e. The molecule has 1 aromatic rings. The zero-order valence-electron chi connectivity index (χ0n) is 11.3. The predicted molar refractivity (Wildman–Crippen MR) is 74.6 cm³/mol. The summed E-state index contributed by atoms with van der Waals surface area (Å²) in [4.78, 5) is 30.0. The molecule has 1 amide bonds. The highest BCUT2D eigenvalue weighted by Crippen LogP contribution is 2.23. The van der Waals surface area contributed by atoms with Crippen molar-refractivity contribution in [2.75, 3.05) is 13.2 Å². The Morgan fingerprint density at radius 1 is 1.50 bits per heavy atom. The Hall–Kier alpha value is -1.62. The lowest BCUT2D eigenvalue weighted by Crippen LogP contribution is -2.48. The van der Waals surface area contributed by atoms with E-state index in [1.807, 2.05) is 0 Å². The molecule has 1 atom stereocenters. The van der Waals surface area contributed by atoms with Crippen LogP contribution in [-0.4, -0.2) is 41.0 Å². The van der Waals surface area contributed by atoms with Crippen LogP contribution >= 0.6 is 11.6 Å². The van der Waals surface area contributed by atoms with Crippen molar-refractivity contribution in [3.8, 4) is 0 Å². The third-order valence-corrected chi connectivity index (χ3v) is 3.65. The summed E-state index contributed by atoms with van der Waals surface area (Å²) in [6.07, 6.45) is 5.37. The van der Waals surface area contributed by atoms with Gasteiger partial charge in [-0.3, -0.25) is 9.78 Å². The number of rotatable bonds is 3. The lowest BCUT2D eigenvalue weighted by Gasteiger charge is -2.34. The second-order valence-corrected chi connectivity index (χ2v) is 5.02. The summed E-state index contributed by atoms with van der Waals surface area (Å²) >= 11 is 6.02. The fraction of sp³-hybridized carbons (Fsp3) is 0.500. The monoisotopic (exact) mass is 296 g/mol. The van der Waals surface area contributed by atoms with Crippen molar-refractivity contribution in [3.63, 3.8) is 0 Å². The van der Waals surface area contributed by atoms with E-state index in [2.05, 4.69) is 4.98 Å². The maximum atomic E-state index is 12.5. The summed E-state index contributed by atoms with van der Waals surface area (Å²) in [5, 5.41) is 0.346. The van der Waals surface area contributed by atoms with Crippen LogP contribution in [0, 0.1) is 0 Å². The first-order chi connectivity index (χ1) is 9.65. The molecule has 1 unspecified atom stereocenters. The van der Waals surface area contributed by atoms with Crippen LogP contribution in [0.5, 0.6) is 0 Å². The van der Waals surface area contributed by atoms with Gasteiger partial charge in [0.1, 0.15) is 6.04 Å². The van der Waals surface area contributed by atoms with Gasteiger partial charge in [-0.25, -0.2) is 4.79 Å². The Kier molecular flexibility index (Phi) is 4.95. The maximum Gasteiger partial charge on any atom is 0.328 e. The second kappa shape index (κ2) is 6.70. The van der Waals surface area contributed by atoms with E-state index in [4.69, 9.17) is 16.3 Å². The molecule has 1 aliphatic heterocycles. The molecule has 0 radical (unpaired) electrons. The average molecular weight is 297 g/mol. The normalized spacial score (nSPS) is 18.7. The molecule has 108 valence electrons. The van der Waals surface area contributed by atoms with E-state index in [1.54, 1.807) is 17.9 Å². The summed E-state index contributed by atoms with van der Waals surface area (Å²) in [6, 6.07) is 1.05. The summed E-state index contributed by atoms with van der Waals surface area (Å²) < 4.78 is 5.05. The number of piperidine rings is 1. The Balaban J connectivity index is 2.22. The van der Waals surface area contributed by atoms with Crippen LogP contribution in [0.1, 0.15) is 36.5 Å². The first-order valence-electron chi connectivity index (χ1n) is 6.72. The van der Waals surface area contributed by atoms with E-state index in [0.29, 0.717) is 30.2 Å². The van der Waals surface area contributed by atoms with Crippen molar-refractivity contribution >= 4 is 23.5 Å². The minimum absolute atomic E-state index is 0.263. The average Bonchev–Trinajstić information content (AvgIpc) is 2.47. The van der Waals surface area contributed by atoms with Gasteiger partial charge >= 0.3 is 5.97 Å². The summed E-state index contributed by atoms with van der Waals surface area (Å²) in [5.41, 5.74) is 0.324. The molecule has 1 aromatic heterocycles. The minimum Gasteiger partial charge on any atom is -0.464 e. The van der Waals surface area contributed by atoms with Crippen LogP contribution in [0.3, 0.4) is 0 Å². The first kappa shape index (κ1) is 14.8. The molecule has 6 heteroatoms. The van der Waals surface area contributed by atoms with E-state index in [0.717, 1.165) is 12.8 Å². The third-order valence-electron chi connectivity index (χ3n) is 3.32. The minimum atomic E-state index is -0.521. The molecule has 1 aliphatic rings. The summed E-state index contributed by atoms with van der Waals surface area (Å²) in [5.74, 6) is -0.610. The number of amides is 1. The number of esters is 1. The molecular formula is C14H17ClN2O3. The van der Waals surface area contributed by atoms with Gasteiger partial charge in [-0.1, -0.05) is 11.6 Å². The van der Waals surface area contributed by atoms with Crippen LogP contribution < -0.4 is 0 Å². The SMILES string of the molecule is CCOC(=O)C1CCCCN1C(=O)c1cnccc1Cl. The number of carbonyl (C=O) groups excluding carboxylic acids is 2. The topological polar surface area (TPSA) is 59.5 Å². The summed E-state index contributed by atoms with van der Waals surface area (Å²) in [6.45, 7) is 2.60. The van der Waals surface area contributed by atoms with E-state index in [1.165, 1.54) is 12.4 Å².